The third-order valence-corrected chi connectivity index (χ3v) is 6.41. The van der Waals surface area contributed by atoms with E-state index in [0.29, 0.717) is 11.4 Å². The molecule has 0 spiro atoms. The molecule has 0 saturated carbocycles. The zero-order valence-corrected chi connectivity index (χ0v) is 16.3. The van der Waals surface area contributed by atoms with Crippen LogP contribution in [0.1, 0.15) is 33.6 Å². The summed E-state index contributed by atoms with van der Waals surface area (Å²) in [5.41, 5.74) is 1.92. The highest BCUT2D eigenvalue weighted by molar-refractivity contribution is 7.20. The molecule has 0 aliphatic carbocycles. The van der Waals surface area contributed by atoms with Crippen molar-refractivity contribution >= 4 is 33.3 Å². The van der Waals surface area contributed by atoms with Crippen LogP contribution in [0, 0.1) is 6.92 Å². The molecule has 144 valence electrons. The topological polar surface area (TPSA) is 76.6 Å². The van der Waals surface area contributed by atoms with Gasteiger partial charge >= 0.3 is 0 Å². The van der Waals surface area contributed by atoms with Crippen molar-refractivity contribution in [1.82, 2.24) is 15.3 Å². The number of hydrogen-bond acceptors (Lipinski definition) is 7. The Bertz CT molecular complexity index is 1060. The zero-order valence-electron chi connectivity index (χ0n) is 15.5. The standard InChI is InChI=1S/C20H20N4O3S/c1-12-16-18(24-6-2-3-7-24)22-10-23-20(16)28-17(12)19(25)21-9-13-4-5-14-15(8-13)27-11-26-14/h4-5,8,10H,2-3,6-7,9,11H2,1H3,(H,21,25). The summed E-state index contributed by atoms with van der Waals surface area (Å²) in [6, 6.07) is 5.70. The fourth-order valence-corrected chi connectivity index (χ4v) is 4.81. The number of aryl methyl sites for hydroxylation is 1. The van der Waals surface area contributed by atoms with Crippen LogP contribution in [0.4, 0.5) is 5.82 Å². The fourth-order valence-electron chi connectivity index (χ4n) is 3.75. The Hall–Kier alpha value is -2.87. The van der Waals surface area contributed by atoms with Gasteiger partial charge in [-0.15, -0.1) is 11.3 Å². The van der Waals surface area contributed by atoms with Gasteiger partial charge in [0.25, 0.3) is 5.91 Å². The molecule has 1 amide bonds. The van der Waals surface area contributed by atoms with E-state index in [1.54, 1.807) is 6.33 Å². The SMILES string of the molecule is Cc1c(C(=O)NCc2ccc3c(c2)OCO3)sc2ncnc(N3CCCC3)c12. The van der Waals surface area contributed by atoms with Crippen LogP contribution in [0.25, 0.3) is 10.2 Å². The smallest absolute Gasteiger partial charge is 0.261 e. The predicted octanol–water partition coefficient (Wildman–Crippen LogP) is 3.26. The molecule has 0 atom stereocenters. The summed E-state index contributed by atoms with van der Waals surface area (Å²) < 4.78 is 10.7. The largest absolute Gasteiger partial charge is 0.454 e. The van der Waals surface area contributed by atoms with E-state index >= 15 is 0 Å². The first-order valence-corrected chi connectivity index (χ1v) is 10.2. The van der Waals surface area contributed by atoms with Gasteiger partial charge in [-0.1, -0.05) is 6.07 Å². The van der Waals surface area contributed by atoms with Crippen LogP contribution < -0.4 is 19.7 Å². The second-order valence-electron chi connectivity index (χ2n) is 7.00. The number of anilines is 1. The van der Waals surface area contributed by atoms with Gasteiger partial charge in [-0.2, -0.15) is 0 Å². The van der Waals surface area contributed by atoms with E-state index in [4.69, 9.17) is 9.47 Å². The van der Waals surface area contributed by atoms with Gasteiger partial charge in [0.05, 0.1) is 10.3 Å². The van der Waals surface area contributed by atoms with E-state index in [9.17, 15) is 4.79 Å². The van der Waals surface area contributed by atoms with Crippen molar-refractivity contribution in [2.24, 2.45) is 0 Å². The Morgan fingerprint density at radius 3 is 2.89 bits per heavy atom. The maximum Gasteiger partial charge on any atom is 0.261 e. The normalized spacial score (nSPS) is 15.4. The zero-order chi connectivity index (χ0) is 19.1. The number of benzene rings is 1. The maximum atomic E-state index is 12.9. The van der Waals surface area contributed by atoms with E-state index in [2.05, 4.69) is 20.2 Å². The summed E-state index contributed by atoms with van der Waals surface area (Å²) in [4.78, 5) is 25.6. The minimum Gasteiger partial charge on any atom is -0.454 e. The molecule has 8 heteroatoms. The molecular formula is C20H20N4O3S. The molecule has 4 heterocycles. The third-order valence-electron chi connectivity index (χ3n) is 5.21. The van der Waals surface area contributed by atoms with Crippen LogP contribution >= 0.6 is 11.3 Å². The van der Waals surface area contributed by atoms with Gasteiger partial charge in [0.15, 0.2) is 11.5 Å². The Kier molecular flexibility index (Phi) is 4.27. The number of rotatable bonds is 4. The van der Waals surface area contributed by atoms with Crippen LogP contribution in [0.5, 0.6) is 11.5 Å². The highest BCUT2D eigenvalue weighted by Crippen LogP contribution is 2.36. The number of hydrogen-bond donors (Lipinski definition) is 1. The molecule has 0 unspecified atom stereocenters. The molecule has 28 heavy (non-hydrogen) atoms. The summed E-state index contributed by atoms with van der Waals surface area (Å²) in [5, 5.41) is 4.01. The maximum absolute atomic E-state index is 12.9. The van der Waals surface area contributed by atoms with Crippen LogP contribution in [0.15, 0.2) is 24.5 Å². The molecule has 0 bridgehead atoms. The molecule has 7 nitrogen and oxygen atoms in total. The highest BCUT2D eigenvalue weighted by Gasteiger charge is 2.23. The van der Waals surface area contributed by atoms with Crippen molar-refractivity contribution in [3.63, 3.8) is 0 Å². The van der Waals surface area contributed by atoms with E-state index in [1.165, 1.54) is 24.2 Å². The number of aromatic nitrogens is 2. The number of fused-ring (bicyclic) bond motifs is 2. The lowest BCUT2D eigenvalue weighted by Crippen LogP contribution is -2.22. The molecule has 0 radical (unpaired) electrons. The third kappa shape index (κ3) is 2.93. The lowest BCUT2D eigenvalue weighted by Gasteiger charge is -2.17. The van der Waals surface area contributed by atoms with E-state index in [-0.39, 0.29) is 12.7 Å². The van der Waals surface area contributed by atoms with Crippen LogP contribution in [-0.4, -0.2) is 35.8 Å². The lowest BCUT2D eigenvalue weighted by atomic mass is 10.1. The quantitative estimate of drug-likeness (QED) is 0.730. The predicted molar refractivity (Wildman–Crippen MR) is 107 cm³/mol. The molecule has 2 aliphatic heterocycles. The van der Waals surface area contributed by atoms with E-state index in [0.717, 1.165) is 51.7 Å². The van der Waals surface area contributed by atoms with Gasteiger partial charge < -0.3 is 19.7 Å². The van der Waals surface area contributed by atoms with Gasteiger partial charge in [-0.3, -0.25) is 4.79 Å². The second kappa shape index (κ2) is 6.94. The van der Waals surface area contributed by atoms with Crippen LogP contribution in [0.3, 0.4) is 0 Å². The average Bonchev–Trinajstić information content (AvgIpc) is 3.46. The van der Waals surface area contributed by atoms with Gasteiger partial charge in [-0.05, 0) is 43.0 Å². The Morgan fingerprint density at radius 1 is 1.21 bits per heavy atom. The molecule has 1 fully saturated rings. The molecular weight excluding hydrogens is 376 g/mol. The number of nitrogens with zero attached hydrogens (tertiary/aromatic N) is 3. The first-order valence-electron chi connectivity index (χ1n) is 9.36. The number of nitrogens with one attached hydrogen (secondary N) is 1. The molecule has 1 aromatic carbocycles. The van der Waals surface area contributed by atoms with Crippen molar-refractivity contribution in [2.75, 3.05) is 24.8 Å². The van der Waals surface area contributed by atoms with Gasteiger partial charge in [0.2, 0.25) is 6.79 Å². The van der Waals surface area contributed by atoms with E-state index < -0.39 is 0 Å². The second-order valence-corrected chi connectivity index (χ2v) is 8.00. The Balaban J connectivity index is 1.39. The molecule has 1 N–H and O–H groups in total. The minimum absolute atomic E-state index is 0.0921. The van der Waals surface area contributed by atoms with Crippen molar-refractivity contribution in [3.05, 3.63) is 40.5 Å². The number of thiophene rings is 1. The lowest BCUT2D eigenvalue weighted by molar-refractivity contribution is 0.0954. The molecule has 5 rings (SSSR count). The van der Waals surface area contributed by atoms with Crippen LogP contribution in [0.2, 0.25) is 0 Å². The number of carbonyl (C=O) groups excluding carboxylic acids is 1. The van der Waals surface area contributed by atoms with Crippen LogP contribution in [-0.2, 0) is 6.54 Å². The Morgan fingerprint density at radius 2 is 2.04 bits per heavy atom. The van der Waals surface area contributed by atoms with Gasteiger partial charge in [0.1, 0.15) is 17.0 Å². The number of ether oxygens (including phenoxy) is 2. The first kappa shape index (κ1) is 17.2. The minimum atomic E-state index is -0.0921. The summed E-state index contributed by atoms with van der Waals surface area (Å²) >= 11 is 1.43. The molecule has 3 aromatic rings. The van der Waals surface area contributed by atoms with E-state index in [1.807, 2.05) is 25.1 Å². The van der Waals surface area contributed by atoms with Gasteiger partial charge in [0, 0.05) is 19.6 Å². The molecule has 1 saturated heterocycles. The van der Waals surface area contributed by atoms with Crippen molar-refractivity contribution in [3.8, 4) is 11.5 Å². The monoisotopic (exact) mass is 396 g/mol. The highest BCUT2D eigenvalue weighted by atomic mass is 32.1. The first-order chi connectivity index (χ1) is 13.7. The Labute approximate surface area is 166 Å². The summed E-state index contributed by atoms with van der Waals surface area (Å²) in [7, 11) is 0. The summed E-state index contributed by atoms with van der Waals surface area (Å²) in [5.74, 6) is 2.32. The summed E-state index contributed by atoms with van der Waals surface area (Å²) in [6.45, 7) is 4.66. The fraction of sp³-hybridized carbons (Fsp3) is 0.350. The van der Waals surface area contributed by atoms with Crippen molar-refractivity contribution in [2.45, 2.75) is 26.3 Å². The molecule has 2 aromatic heterocycles. The van der Waals surface area contributed by atoms with Gasteiger partial charge in [-0.25, -0.2) is 9.97 Å². The number of carbonyl (C=O) groups is 1. The average molecular weight is 396 g/mol. The molecule has 2 aliphatic rings. The van der Waals surface area contributed by atoms with Crippen molar-refractivity contribution < 1.29 is 14.3 Å². The van der Waals surface area contributed by atoms with Crippen molar-refractivity contribution in [1.29, 1.82) is 0 Å². The number of amides is 1. The summed E-state index contributed by atoms with van der Waals surface area (Å²) in [6.07, 6.45) is 3.95.